The van der Waals surface area contributed by atoms with Gasteiger partial charge in [-0.25, -0.2) is 4.98 Å². The van der Waals surface area contributed by atoms with Gasteiger partial charge in [0.25, 0.3) is 0 Å². The van der Waals surface area contributed by atoms with Crippen LogP contribution in [0.3, 0.4) is 0 Å². The number of imidazole rings is 1. The lowest BCUT2D eigenvalue weighted by Gasteiger charge is -2.20. The van der Waals surface area contributed by atoms with Crippen LogP contribution in [0, 0.1) is 0 Å². The molecule has 0 spiro atoms. The van der Waals surface area contributed by atoms with Crippen molar-refractivity contribution in [3.8, 4) is 0 Å². The van der Waals surface area contributed by atoms with Crippen LogP contribution in [0.25, 0.3) is 5.65 Å². The second-order valence-corrected chi connectivity index (χ2v) is 7.70. The lowest BCUT2D eigenvalue weighted by Crippen LogP contribution is -2.44. The van der Waals surface area contributed by atoms with Crippen molar-refractivity contribution in [2.45, 2.75) is 25.8 Å². The molecule has 1 aliphatic heterocycles. The quantitative estimate of drug-likeness (QED) is 0.483. The van der Waals surface area contributed by atoms with Crippen molar-refractivity contribution >= 4 is 28.9 Å². The fraction of sp³-hybridized carbons (Fsp3) is 0.364. The van der Waals surface area contributed by atoms with Gasteiger partial charge in [-0.1, -0.05) is 23.7 Å². The molecule has 3 aromatic rings. The number of hydrogen-bond donors (Lipinski definition) is 2. The Hall–Kier alpha value is -2.73. The fourth-order valence-electron chi connectivity index (χ4n) is 3.69. The van der Waals surface area contributed by atoms with Crippen LogP contribution >= 0.6 is 11.6 Å². The van der Waals surface area contributed by atoms with Crippen LogP contribution in [0.4, 0.5) is 5.69 Å². The van der Waals surface area contributed by atoms with Gasteiger partial charge in [-0.2, -0.15) is 0 Å². The number of nitrogens with one attached hydrogen (secondary N) is 2. The van der Waals surface area contributed by atoms with Gasteiger partial charge in [-0.05, 0) is 43.7 Å². The number of pyridine rings is 1. The van der Waals surface area contributed by atoms with Gasteiger partial charge < -0.3 is 19.9 Å². The number of nitrogens with zero attached hydrogens (tertiary/aromatic N) is 4. The molecular weight excluding hydrogens is 384 g/mol. The maximum Gasteiger partial charge on any atom is 0.191 e. The van der Waals surface area contributed by atoms with Gasteiger partial charge in [0.2, 0.25) is 0 Å². The van der Waals surface area contributed by atoms with E-state index < -0.39 is 0 Å². The third-order valence-corrected chi connectivity index (χ3v) is 5.33. The fourth-order valence-corrected chi connectivity index (χ4v) is 3.87. The zero-order valence-electron chi connectivity index (χ0n) is 16.7. The van der Waals surface area contributed by atoms with Gasteiger partial charge in [0, 0.05) is 61.7 Å². The first-order chi connectivity index (χ1) is 14.2. The van der Waals surface area contributed by atoms with E-state index in [1.54, 1.807) is 0 Å². The summed E-state index contributed by atoms with van der Waals surface area (Å²) in [6, 6.07) is 14.5. The van der Waals surface area contributed by atoms with Crippen molar-refractivity contribution in [1.82, 2.24) is 20.0 Å². The SMILES string of the molecule is CCNC(=NCCc1cn2ccccc2n1)NC1CCN(c2cccc(Cl)c2)C1. The molecule has 29 heavy (non-hydrogen) atoms. The van der Waals surface area contributed by atoms with Crippen LogP contribution in [0.2, 0.25) is 5.02 Å². The van der Waals surface area contributed by atoms with Crippen LogP contribution in [-0.2, 0) is 6.42 Å². The van der Waals surface area contributed by atoms with Gasteiger partial charge in [-0.3, -0.25) is 4.99 Å². The van der Waals surface area contributed by atoms with Crippen LogP contribution in [0.5, 0.6) is 0 Å². The van der Waals surface area contributed by atoms with E-state index in [9.17, 15) is 0 Å². The standard InChI is InChI=1S/C22H27ClN6/c1-2-24-22(25-11-9-18-16-29-12-4-3-8-21(29)26-18)27-19-10-13-28(15-19)20-7-5-6-17(23)14-20/h3-8,12,14,16,19H,2,9-11,13,15H2,1H3,(H2,24,25,27). The van der Waals surface area contributed by atoms with E-state index in [-0.39, 0.29) is 0 Å². The molecule has 0 radical (unpaired) electrons. The Labute approximate surface area is 176 Å². The summed E-state index contributed by atoms with van der Waals surface area (Å²) in [5.74, 6) is 0.870. The number of aliphatic imine (C=N–C) groups is 1. The topological polar surface area (TPSA) is 57.0 Å². The van der Waals surface area contributed by atoms with Gasteiger partial charge in [0.1, 0.15) is 5.65 Å². The molecule has 1 aromatic carbocycles. The second kappa shape index (κ2) is 9.18. The van der Waals surface area contributed by atoms with Gasteiger partial charge in [-0.15, -0.1) is 0 Å². The second-order valence-electron chi connectivity index (χ2n) is 7.26. The molecule has 0 bridgehead atoms. The summed E-state index contributed by atoms with van der Waals surface area (Å²) in [5.41, 5.74) is 3.21. The Balaban J connectivity index is 1.33. The number of halogens is 1. The molecule has 3 heterocycles. The first-order valence-electron chi connectivity index (χ1n) is 10.2. The number of rotatable bonds is 6. The molecule has 4 rings (SSSR count). The molecule has 0 aliphatic carbocycles. The monoisotopic (exact) mass is 410 g/mol. The number of fused-ring (bicyclic) bond motifs is 1. The third kappa shape index (κ3) is 5.01. The van der Waals surface area contributed by atoms with Crippen molar-refractivity contribution in [2.24, 2.45) is 4.99 Å². The van der Waals surface area contributed by atoms with E-state index in [0.717, 1.165) is 54.8 Å². The summed E-state index contributed by atoms with van der Waals surface area (Å²) in [5, 5.41) is 7.72. The number of anilines is 1. The molecule has 6 nitrogen and oxygen atoms in total. The van der Waals surface area contributed by atoms with E-state index >= 15 is 0 Å². The first-order valence-corrected chi connectivity index (χ1v) is 10.6. The van der Waals surface area contributed by atoms with Gasteiger partial charge in [0.15, 0.2) is 5.96 Å². The zero-order chi connectivity index (χ0) is 20.1. The van der Waals surface area contributed by atoms with E-state index in [4.69, 9.17) is 16.6 Å². The molecule has 1 saturated heterocycles. The molecule has 1 unspecified atom stereocenters. The minimum absolute atomic E-state index is 0.363. The predicted molar refractivity (Wildman–Crippen MR) is 120 cm³/mol. The van der Waals surface area contributed by atoms with Crippen LogP contribution in [-0.4, -0.2) is 47.6 Å². The van der Waals surface area contributed by atoms with Crippen LogP contribution < -0.4 is 15.5 Å². The lowest BCUT2D eigenvalue weighted by atomic mass is 10.2. The van der Waals surface area contributed by atoms with Crippen molar-refractivity contribution in [3.05, 3.63) is 65.6 Å². The Morgan fingerprint density at radius 3 is 3.03 bits per heavy atom. The Kier molecular flexibility index (Phi) is 6.20. The largest absolute Gasteiger partial charge is 0.369 e. The average molecular weight is 411 g/mol. The number of benzene rings is 1. The average Bonchev–Trinajstić information content (AvgIpc) is 3.34. The van der Waals surface area contributed by atoms with Crippen molar-refractivity contribution in [3.63, 3.8) is 0 Å². The number of aromatic nitrogens is 2. The normalized spacial score (nSPS) is 17.1. The molecule has 1 atom stereocenters. The molecule has 2 N–H and O–H groups in total. The molecule has 1 fully saturated rings. The maximum absolute atomic E-state index is 6.14. The number of hydrogen-bond acceptors (Lipinski definition) is 3. The van der Waals surface area contributed by atoms with Crippen molar-refractivity contribution < 1.29 is 0 Å². The van der Waals surface area contributed by atoms with Gasteiger partial charge in [0.05, 0.1) is 5.69 Å². The molecule has 0 amide bonds. The molecule has 152 valence electrons. The zero-order valence-corrected chi connectivity index (χ0v) is 17.4. The highest BCUT2D eigenvalue weighted by Gasteiger charge is 2.23. The minimum Gasteiger partial charge on any atom is -0.369 e. The minimum atomic E-state index is 0.363. The van der Waals surface area contributed by atoms with E-state index in [1.807, 2.05) is 47.0 Å². The summed E-state index contributed by atoms with van der Waals surface area (Å²) in [7, 11) is 0. The highest BCUT2D eigenvalue weighted by Crippen LogP contribution is 2.23. The summed E-state index contributed by atoms with van der Waals surface area (Å²) in [6.07, 6.45) is 5.98. The van der Waals surface area contributed by atoms with E-state index in [1.165, 1.54) is 5.69 Å². The molecule has 1 aliphatic rings. The molecule has 7 heteroatoms. The third-order valence-electron chi connectivity index (χ3n) is 5.10. The Morgan fingerprint density at radius 1 is 1.28 bits per heavy atom. The smallest absolute Gasteiger partial charge is 0.191 e. The van der Waals surface area contributed by atoms with Crippen LogP contribution in [0.15, 0.2) is 59.9 Å². The maximum atomic E-state index is 6.14. The summed E-state index contributed by atoms with van der Waals surface area (Å²) < 4.78 is 2.05. The first kappa shape index (κ1) is 19.6. The van der Waals surface area contributed by atoms with Crippen molar-refractivity contribution in [1.29, 1.82) is 0 Å². The Morgan fingerprint density at radius 2 is 2.21 bits per heavy atom. The highest BCUT2D eigenvalue weighted by molar-refractivity contribution is 6.30. The summed E-state index contributed by atoms with van der Waals surface area (Å²) in [4.78, 5) is 11.8. The predicted octanol–water partition coefficient (Wildman–Crippen LogP) is 3.36. The lowest BCUT2D eigenvalue weighted by molar-refractivity contribution is 0.649. The summed E-state index contributed by atoms with van der Waals surface area (Å²) >= 11 is 6.14. The Bertz CT molecular complexity index is 949. The molecule has 2 aromatic heterocycles. The van der Waals surface area contributed by atoms with Crippen molar-refractivity contribution in [2.75, 3.05) is 31.1 Å². The highest BCUT2D eigenvalue weighted by atomic mass is 35.5. The molecule has 0 saturated carbocycles. The molecular formula is C22H27ClN6. The summed E-state index contributed by atoms with van der Waals surface area (Å²) in [6.45, 7) is 5.58. The van der Waals surface area contributed by atoms with Gasteiger partial charge >= 0.3 is 0 Å². The van der Waals surface area contributed by atoms with E-state index in [0.29, 0.717) is 12.6 Å². The van der Waals surface area contributed by atoms with Crippen LogP contribution in [0.1, 0.15) is 19.0 Å². The van der Waals surface area contributed by atoms with E-state index in [2.05, 4.69) is 39.7 Å². The number of guanidine groups is 1.